The highest BCUT2D eigenvalue weighted by atomic mass is 16.3. The maximum Gasteiger partial charge on any atom is 0.315 e. The summed E-state index contributed by atoms with van der Waals surface area (Å²) in [4.78, 5) is 14.3. The van der Waals surface area contributed by atoms with E-state index in [1.165, 1.54) is 0 Å². The zero-order chi connectivity index (χ0) is 16.0. The maximum absolute atomic E-state index is 12.2. The van der Waals surface area contributed by atoms with E-state index < -0.39 is 0 Å². The minimum atomic E-state index is -0.187. The SMILES string of the molecule is CN(C)CCC(NC(=O)NC1CCC(O)CC1)C(C)(C)C. The summed E-state index contributed by atoms with van der Waals surface area (Å²) in [5, 5.41) is 15.7. The number of hydrogen-bond acceptors (Lipinski definition) is 3. The Morgan fingerprint density at radius 2 is 1.81 bits per heavy atom. The van der Waals surface area contributed by atoms with Crippen molar-refractivity contribution >= 4 is 6.03 Å². The van der Waals surface area contributed by atoms with Crippen LogP contribution in [0.15, 0.2) is 0 Å². The second kappa shape index (κ2) is 7.99. The molecular formula is C16H33N3O2. The van der Waals surface area contributed by atoms with Crippen molar-refractivity contribution in [2.24, 2.45) is 5.41 Å². The molecule has 0 heterocycles. The number of aliphatic hydroxyl groups excluding tert-OH is 1. The van der Waals surface area contributed by atoms with Gasteiger partial charge in [0, 0.05) is 12.1 Å². The molecule has 124 valence electrons. The minimum absolute atomic E-state index is 0.0378. The van der Waals surface area contributed by atoms with Gasteiger partial charge in [-0.1, -0.05) is 20.8 Å². The van der Waals surface area contributed by atoms with Gasteiger partial charge in [0.25, 0.3) is 0 Å². The van der Waals surface area contributed by atoms with Crippen molar-refractivity contribution in [1.82, 2.24) is 15.5 Å². The van der Waals surface area contributed by atoms with E-state index in [9.17, 15) is 9.90 Å². The molecule has 0 spiro atoms. The van der Waals surface area contributed by atoms with Crippen molar-refractivity contribution in [3.05, 3.63) is 0 Å². The molecule has 0 saturated heterocycles. The van der Waals surface area contributed by atoms with Crippen LogP contribution in [0.2, 0.25) is 0 Å². The van der Waals surface area contributed by atoms with Crippen molar-refractivity contribution < 1.29 is 9.90 Å². The van der Waals surface area contributed by atoms with Crippen molar-refractivity contribution in [3.8, 4) is 0 Å². The van der Waals surface area contributed by atoms with Crippen molar-refractivity contribution in [2.75, 3.05) is 20.6 Å². The zero-order valence-electron chi connectivity index (χ0n) is 14.3. The highest BCUT2D eigenvalue weighted by Gasteiger charge is 2.27. The molecule has 2 amide bonds. The average Bonchev–Trinajstić information content (AvgIpc) is 2.35. The molecule has 1 rings (SSSR count). The van der Waals surface area contributed by atoms with Gasteiger partial charge in [-0.15, -0.1) is 0 Å². The Hall–Kier alpha value is -0.810. The number of carbonyl (C=O) groups is 1. The highest BCUT2D eigenvalue weighted by Crippen LogP contribution is 2.22. The minimum Gasteiger partial charge on any atom is -0.393 e. The van der Waals surface area contributed by atoms with Crippen molar-refractivity contribution in [2.45, 2.75) is 71.1 Å². The Bertz CT molecular complexity index is 318. The van der Waals surface area contributed by atoms with Gasteiger partial charge in [0.2, 0.25) is 0 Å². The van der Waals surface area contributed by atoms with Crippen LogP contribution in [0.4, 0.5) is 4.79 Å². The first-order valence-corrected chi connectivity index (χ1v) is 8.08. The normalized spacial score (nSPS) is 24.7. The Kier molecular flexibility index (Phi) is 6.94. The third kappa shape index (κ3) is 7.14. The standard InChI is InChI=1S/C16H33N3O2/c1-16(2,3)14(10-11-19(4)5)18-15(21)17-12-6-8-13(20)9-7-12/h12-14,20H,6-11H2,1-5H3,(H2,17,18,21). The number of nitrogens with zero attached hydrogens (tertiary/aromatic N) is 1. The van der Waals surface area contributed by atoms with Crippen LogP contribution in [0.3, 0.4) is 0 Å². The molecule has 0 aromatic carbocycles. The summed E-state index contributed by atoms with van der Waals surface area (Å²) in [6.07, 6.45) is 4.06. The number of aliphatic hydroxyl groups is 1. The summed E-state index contributed by atoms with van der Waals surface area (Å²) in [6, 6.07) is 0.270. The van der Waals surface area contributed by atoms with E-state index >= 15 is 0 Å². The number of amides is 2. The van der Waals surface area contributed by atoms with Gasteiger partial charge in [0.05, 0.1) is 6.10 Å². The molecule has 1 atom stereocenters. The van der Waals surface area contributed by atoms with Crippen LogP contribution in [0.5, 0.6) is 0 Å². The molecule has 21 heavy (non-hydrogen) atoms. The van der Waals surface area contributed by atoms with Crippen molar-refractivity contribution in [1.29, 1.82) is 0 Å². The van der Waals surface area contributed by atoms with Gasteiger partial charge in [0.1, 0.15) is 0 Å². The van der Waals surface area contributed by atoms with Crippen LogP contribution in [-0.4, -0.2) is 54.9 Å². The predicted octanol–water partition coefficient (Wildman–Crippen LogP) is 1.96. The lowest BCUT2D eigenvalue weighted by atomic mass is 9.84. The topological polar surface area (TPSA) is 64.6 Å². The van der Waals surface area contributed by atoms with Crippen LogP contribution in [-0.2, 0) is 0 Å². The second-order valence-corrected chi connectivity index (χ2v) is 7.63. The number of rotatable bonds is 5. The number of carbonyl (C=O) groups excluding carboxylic acids is 1. The first-order valence-electron chi connectivity index (χ1n) is 8.08. The molecule has 1 aliphatic carbocycles. The summed E-state index contributed by atoms with van der Waals surface area (Å²) in [7, 11) is 4.10. The molecule has 0 radical (unpaired) electrons. The fourth-order valence-electron chi connectivity index (χ4n) is 2.71. The van der Waals surface area contributed by atoms with E-state index in [2.05, 4.69) is 36.3 Å². The summed E-state index contributed by atoms with van der Waals surface area (Å²) >= 11 is 0. The zero-order valence-corrected chi connectivity index (χ0v) is 14.3. The van der Waals surface area contributed by atoms with Crippen LogP contribution in [0.1, 0.15) is 52.9 Å². The number of urea groups is 1. The fraction of sp³-hybridized carbons (Fsp3) is 0.938. The van der Waals surface area contributed by atoms with E-state index in [-0.39, 0.29) is 29.6 Å². The summed E-state index contributed by atoms with van der Waals surface area (Å²) in [5.41, 5.74) is 0.0378. The van der Waals surface area contributed by atoms with Crippen LogP contribution >= 0.6 is 0 Å². The Morgan fingerprint density at radius 1 is 1.24 bits per heavy atom. The Morgan fingerprint density at radius 3 is 2.29 bits per heavy atom. The molecule has 5 nitrogen and oxygen atoms in total. The lowest BCUT2D eigenvalue weighted by molar-refractivity contribution is 0.117. The maximum atomic E-state index is 12.2. The first kappa shape index (κ1) is 18.2. The molecule has 0 bridgehead atoms. The third-order valence-electron chi connectivity index (χ3n) is 4.25. The van der Waals surface area contributed by atoms with Crippen LogP contribution < -0.4 is 10.6 Å². The van der Waals surface area contributed by atoms with E-state index in [1.54, 1.807) is 0 Å². The van der Waals surface area contributed by atoms with Gasteiger partial charge in [-0.3, -0.25) is 0 Å². The Balaban J connectivity index is 2.44. The van der Waals surface area contributed by atoms with E-state index in [0.717, 1.165) is 38.6 Å². The van der Waals surface area contributed by atoms with Gasteiger partial charge >= 0.3 is 6.03 Å². The molecule has 0 aliphatic heterocycles. The molecule has 1 fully saturated rings. The average molecular weight is 299 g/mol. The molecule has 1 aliphatic rings. The van der Waals surface area contributed by atoms with Crippen LogP contribution in [0.25, 0.3) is 0 Å². The summed E-state index contributed by atoms with van der Waals surface area (Å²) in [5.74, 6) is 0. The van der Waals surface area contributed by atoms with E-state index in [0.29, 0.717) is 0 Å². The van der Waals surface area contributed by atoms with Gasteiger partial charge in [-0.25, -0.2) is 4.79 Å². The summed E-state index contributed by atoms with van der Waals surface area (Å²) in [6.45, 7) is 7.43. The predicted molar refractivity (Wildman–Crippen MR) is 86.3 cm³/mol. The molecule has 3 N–H and O–H groups in total. The Labute approximate surface area is 129 Å². The molecule has 1 saturated carbocycles. The smallest absolute Gasteiger partial charge is 0.315 e. The van der Waals surface area contributed by atoms with Crippen molar-refractivity contribution in [3.63, 3.8) is 0 Å². The lowest BCUT2D eigenvalue weighted by Crippen LogP contribution is -2.51. The largest absolute Gasteiger partial charge is 0.393 e. The quantitative estimate of drug-likeness (QED) is 0.727. The lowest BCUT2D eigenvalue weighted by Gasteiger charge is -2.33. The van der Waals surface area contributed by atoms with Gasteiger partial charge in [-0.2, -0.15) is 0 Å². The molecule has 5 heteroatoms. The molecule has 0 aromatic rings. The van der Waals surface area contributed by atoms with E-state index in [1.807, 2.05) is 14.1 Å². The second-order valence-electron chi connectivity index (χ2n) is 7.63. The summed E-state index contributed by atoms with van der Waals surface area (Å²) < 4.78 is 0. The fourth-order valence-corrected chi connectivity index (χ4v) is 2.71. The number of hydrogen-bond donors (Lipinski definition) is 3. The van der Waals surface area contributed by atoms with Gasteiger partial charge in [0.15, 0.2) is 0 Å². The van der Waals surface area contributed by atoms with E-state index in [4.69, 9.17) is 0 Å². The van der Waals surface area contributed by atoms with Gasteiger partial charge in [-0.05, 0) is 58.2 Å². The van der Waals surface area contributed by atoms with Gasteiger partial charge < -0.3 is 20.6 Å². The highest BCUT2D eigenvalue weighted by molar-refractivity contribution is 5.74. The molecule has 1 unspecified atom stereocenters. The molecule has 0 aromatic heterocycles. The molecular weight excluding hydrogens is 266 g/mol. The number of nitrogens with one attached hydrogen (secondary N) is 2. The first-order chi connectivity index (χ1) is 9.68. The third-order valence-corrected chi connectivity index (χ3v) is 4.25. The van der Waals surface area contributed by atoms with Crippen LogP contribution in [0, 0.1) is 5.41 Å². The monoisotopic (exact) mass is 299 g/mol.